The maximum Gasteiger partial charge on any atom is 0.0608 e. The van der Waals surface area contributed by atoms with E-state index in [1.54, 1.807) is 4.53 Å². The molecule has 0 saturated heterocycles. The summed E-state index contributed by atoms with van der Waals surface area (Å²) in [5.74, 6) is 0. The van der Waals surface area contributed by atoms with Crippen molar-refractivity contribution < 1.29 is 0 Å². The lowest BCUT2D eigenvalue weighted by Gasteiger charge is -2.23. The lowest BCUT2D eigenvalue weighted by Crippen LogP contribution is -2.27. The monoisotopic (exact) mass is 180 g/mol. The minimum Gasteiger partial charge on any atom is -0.267 e. The van der Waals surface area contributed by atoms with Crippen LogP contribution in [0.4, 0.5) is 5.69 Å². The zero-order valence-corrected chi connectivity index (χ0v) is 7.28. The van der Waals surface area contributed by atoms with Crippen molar-refractivity contribution in [3.63, 3.8) is 0 Å². The maximum absolute atomic E-state index is 5.89. The van der Waals surface area contributed by atoms with E-state index in [1.807, 2.05) is 47.6 Å². The number of benzene rings is 1. The number of rotatable bonds is 1. The van der Waals surface area contributed by atoms with Crippen molar-refractivity contribution in [2.45, 2.75) is 0 Å². The Labute approximate surface area is 76.7 Å². The Balaban J connectivity index is 2.22. The molecule has 0 spiro atoms. The van der Waals surface area contributed by atoms with E-state index >= 15 is 0 Å². The van der Waals surface area contributed by atoms with E-state index < -0.39 is 0 Å². The fourth-order valence-corrected chi connectivity index (χ4v) is 1.44. The highest BCUT2D eigenvalue weighted by atomic mass is 35.5. The molecular formula is C9H9ClN2. The van der Waals surface area contributed by atoms with E-state index in [0.717, 1.165) is 12.2 Å². The third-order valence-corrected chi connectivity index (χ3v) is 2.09. The average Bonchev–Trinajstić information content (AvgIpc) is 2.53. The Kier molecular flexibility index (Phi) is 1.92. The van der Waals surface area contributed by atoms with Crippen molar-refractivity contribution in [1.29, 1.82) is 0 Å². The molecule has 0 aromatic heterocycles. The first-order valence-corrected chi connectivity index (χ1v) is 4.16. The number of hydrogen-bond donors (Lipinski definition) is 0. The summed E-state index contributed by atoms with van der Waals surface area (Å²) in [5.41, 5.74) is 1.11. The van der Waals surface area contributed by atoms with E-state index in [4.69, 9.17) is 11.8 Å². The fourth-order valence-electron chi connectivity index (χ4n) is 1.21. The molecule has 1 aliphatic heterocycles. The van der Waals surface area contributed by atoms with Crippen LogP contribution in [0.5, 0.6) is 0 Å². The summed E-state index contributed by atoms with van der Waals surface area (Å²) in [6.45, 7) is 0.841. The maximum atomic E-state index is 5.89. The summed E-state index contributed by atoms with van der Waals surface area (Å²) >= 11 is 5.89. The number of halogens is 1. The van der Waals surface area contributed by atoms with Gasteiger partial charge in [0.05, 0.1) is 12.2 Å². The minimum atomic E-state index is 0.841. The highest BCUT2D eigenvalue weighted by molar-refractivity contribution is 6.15. The summed E-state index contributed by atoms with van der Waals surface area (Å²) < 4.78 is 1.56. The third kappa shape index (κ3) is 1.25. The van der Waals surface area contributed by atoms with E-state index in [0.29, 0.717) is 0 Å². The van der Waals surface area contributed by atoms with Crippen molar-refractivity contribution in [3.8, 4) is 0 Å². The van der Waals surface area contributed by atoms with Crippen LogP contribution in [0.1, 0.15) is 0 Å². The molecule has 0 aliphatic carbocycles. The van der Waals surface area contributed by atoms with Gasteiger partial charge in [0.25, 0.3) is 0 Å². The van der Waals surface area contributed by atoms with Crippen LogP contribution in [0.25, 0.3) is 0 Å². The molecule has 0 fully saturated rings. The molecule has 2 rings (SSSR count). The average molecular weight is 181 g/mol. The number of hydrogen-bond acceptors (Lipinski definition) is 2. The molecular weight excluding hydrogens is 172 g/mol. The summed E-state index contributed by atoms with van der Waals surface area (Å²) in [6, 6.07) is 10.0. The standard InChI is InChI=1S/C9H9ClN2/c10-12-8-4-7-11(12)9-5-2-1-3-6-9/h1-6,8H,7H2. The first kappa shape index (κ1) is 7.50. The lowest BCUT2D eigenvalue weighted by molar-refractivity contribution is 0.598. The zero-order chi connectivity index (χ0) is 8.39. The summed E-state index contributed by atoms with van der Waals surface area (Å²) in [7, 11) is 0. The predicted octanol–water partition coefficient (Wildman–Crippen LogP) is 2.39. The molecule has 0 saturated carbocycles. The van der Waals surface area contributed by atoms with Crippen LogP contribution >= 0.6 is 11.8 Å². The second kappa shape index (κ2) is 3.07. The SMILES string of the molecule is ClN1C=CCN1c1ccccc1. The van der Waals surface area contributed by atoms with Crippen molar-refractivity contribution in [2.24, 2.45) is 0 Å². The van der Waals surface area contributed by atoms with Crippen LogP contribution < -0.4 is 5.01 Å². The quantitative estimate of drug-likeness (QED) is 0.613. The second-order valence-electron chi connectivity index (χ2n) is 2.59. The summed E-state index contributed by atoms with van der Waals surface area (Å²) in [6.07, 6.45) is 3.86. The highest BCUT2D eigenvalue weighted by Crippen LogP contribution is 2.20. The van der Waals surface area contributed by atoms with Gasteiger partial charge in [-0.05, 0) is 18.2 Å². The number of hydrazine groups is 1. The largest absolute Gasteiger partial charge is 0.267 e. The molecule has 2 nitrogen and oxygen atoms in total. The van der Waals surface area contributed by atoms with Gasteiger partial charge in [0, 0.05) is 18.0 Å². The van der Waals surface area contributed by atoms with E-state index in [-0.39, 0.29) is 0 Å². The van der Waals surface area contributed by atoms with Crippen LogP contribution in [0.3, 0.4) is 0 Å². The van der Waals surface area contributed by atoms with Crippen molar-refractivity contribution in [1.82, 2.24) is 4.53 Å². The Morgan fingerprint density at radius 1 is 1.17 bits per heavy atom. The first-order valence-electron chi connectivity index (χ1n) is 3.82. The lowest BCUT2D eigenvalue weighted by atomic mass is 10.3. The van der Waals surface area contributed by atoms with Gasteiger partial charge in [-0.15, -0.1) is 0 Å². The Hall–Kier alpha value is -1.15. The predicted molar refractivity (Wildman–Crippen MR) is 50.6 cm³/mol. The van der Waals surface area contributed by atoms with Gasteiger partial charge in [0.1, 0.15) is 0 Å². The minimum absolute atomic E-state index is 0.841. The topological polar surface area (TPSA) is 6.48 Å². The van der Waals surface area contributed by atoms with Gasteiger partial charge in [-0.3, -0.25) is 5.01 Å². The molecule has 0 atom stereocenters. The molecule has 0 unspecified atom stereocenters. The van der Waals surface area contributed by atoms with Crippen molar-refractivity contribution in [2.75, 3.05) is 11.6 Å². The van der Waals surface area contributed by atoms with Gasteiger partial charge in [-0.1, -0.05) is 18.2 Å². The molecule has 1 aromatic rings. The van der Waals surface area contributed by atoms with Crippen molar-refractivity contribution >= 4 is 17.5 Å². The molecule has 0 bridgehead atoms. The molecule has 0 N–H and O–H groups in total. The molecule has 1 aliphatic rings. The molecule has 62 valence electrons. The van der Waals surface area contributed by atoms with E-state index in [2.05, 4.69) is 0 Å². The zero-order valence-electron chi connectivity index (χ0n) is 6.52. The van der Waals surface area contributed by atoms with E-state index in [1.165, 1.54) is 0 Å². The van der Waals surface area contributed by atoms with E-state index in [9.17, 15) is 0 Å². The molecule has 3 heteroatoms. The summed E-state index contributed by atoms with van der Waals surface area (Å²) in [5, 5.41) is 1.97. The smallest absolute Gasteiger partial charge is 0.0608 e. The first-order chi connectivity index (χ1) is 5.88. The molecule has 0 radical (unpaired) electrons. The van der Waals surface area contributed by atoms with Crippen LogP contribution in [0.15, 0.2) is 42.6 Å². The number of nitrogens with zero attached hydrogens (tertiary/aromatic N) is 2. The molecule has 0 amide bonds. The number of para-hydroxylation sites is 1. The van der Waals surface area contributed by atoms with Crippen LogP contribution in [-0.2, 0) is 0 Å². The van der Waals surface area contributed by atoms with Gasteiger partial charge < -0.3 is 0 Å². The molecule has 1 aromatic carbocycles. The Morgan fingerprint density at radius 2 is 1.92 bits per heavy atom. The second-order valence-corrected chi connectivity index (χ2v) is 2.94. The van der Waals surface area contributed by atoms with Gasteiger partial charge >= 0.3 is 0 Å². The third-order valence-electron chi connectivity index (χ3n) is 1.79. The Morgan fingerprint density at radius 3 is 2.50 bits per heavy atom. The van der Waals surface area contributed by atoms with Crippen molar-refractivity contribution in [3.05, 3.63) is 42.6 Å². The van der Waals surface area contributed by atoms with Crippen LogP contribution in [-0.4, -0.2) is 11.1 Å². The van der Waals surface area contributed by atoms with Crippen LogP contribution in [0, 0.1) is 0 Å². The summed E-state index contributed by atoms with van der Waals surface area (Å²) in [4.78, 5) is 0. The van der Waals surface area contributed by atoms with Gasteiger partial charge in [0.15, 0.2) is 0 Å². The normalized spacial score (nSPS) is 15.8. The fraction of sp³-hybridized carbons (Fsp3) is 0.111. The highest BCUT2D eigenvalue weighted by Gasteiger charge is 2.13. The Bertz CT molecular complexity index is 284. The number of anilines is 1. The van der Waals surface area contributed by atoms with Gasteiger partial charge in [-0.2, -0.15) is 0 Å². The van der Waals surface area contributed by atoms with Crippen LogP contribution in [0.2, 0.25) is 0 Å². The molecule has 1 heterocycles. The van der Waals surface area contributed by atoms with Gasteiger partial charge in [0.2, 0.25) is 0 Å². The van der Waals surface area contributed by atoms with Gasteiger partial charge in [-0.25, -0.2) is 4.53 Å². The molecule has 12 heavy (non-hydrogen) atoms.